The van der Waals surface area contributed by atoms with Crippen molar-refractivity contribution >= 4 is 11.8 Å². The lowest BCUT2D eigenvalue weighted by Gasteiger charge is -2.40. The Morgan fingerprint density at radius 1 is 1.25 bits per heavy atom. The molecule has 0 radical (unpaired) electrons. The van der Waals surface area contributed by atoms with E-state index in [0.717, 1.165) is 6.42 Å². The molecule has 116 valence electrons. The van der Waals surface area contributed by atoms with Crippen molar-refractivity contribution in [1.29, 1.82) is 0 Å². The largest absolute Gasteiger partial charge is 0.377 e. The van der Waals surface area contributed by atoms with E-state index in [-0.39, 0.29) is 35.9 Å². The standard InChI is InChI=1S/C15H28N2O3/c1-6-7-12-15(19)17(8-9-20-11(4)5)13(10(2)3)14(18)16-12/h10-13H,6-9H2,1-5H3,(H,16,18). The van der Waals surface area contributed by atoms with Crippen molar-refractivity contribution in [3.63, 3.8) is 0 Å². The highest BCUT2D eigenvalue weighted by molar-refractivity contribution is 5.97. The number of amides is 2. The molecule has 2 amide bonds. The summed E-state index contributed by atoms with van der Waals surface area (Å²) in [5, 5.41) is 2.86. The highest BCUT2D eigenvalue weighted by Crippen LogP contribution is 2.19. The van der Waals surface area contributed by atoms with E-state index in [2.05, 4.69) is 5.32 Å². The minimum Gasteiger partial charge on any atom is -0.377 e. The molecule has 0 aromatic carbocycles. The van der Waals surface area contributed by atoms with Gasteiger partial charge in [-0.1, -0.05) is 27.2 Å². The number of nitrogens with one attached hydrogen (secondary N) is 1. The van der Waals surface area contributed by atoms with Gasteiger partial charge in [0.2, 0.25) is 11.8 Å². The minimum atomic E-state index is -0.383. The molecule has 0 spiro atoms. The first-order chi connectivity index (χ1) is 9.38. The first-order valence-electron chi connectivity index (χ1n) is 7.60. The van der Waals surface area contributed by atoms with Crippen LogP contribution in [0.4, 0.5) is 0 Å². The van der Waals surface area contributed by atoms with Gasteiger partial charge in [-0.3, -0.25) is 9.59 Å². The summed E-state index contributed by atoms with van der Waals surface area (Å²) in [6.07, 6.45) is 1.70. The molecule has 0 bridgehead atoms. The number of piperazine rings is 1. The number of carbonyl (C=O) groups is 2. The molecule has 1 rings (SSSR count). The molecule has 1 saturated heterocycles. The van der Waals surface area contributed by atoms with Crippen LogP contribution in [0, 0.1) is 5.92 Å². The lowest BCUT2D eigenvalue weighted by molar-refractivity contribution is -0.152. The zero-order chi connectivity index (χ0) is 15.3. The van der Waals surface area contributed by atoms with Crippen LogP contribution < -0.4 is 5.32 Å². The summed E-state index contributed by atoms with van der Waals surface area (Å²) in [4.78, 5) is 26.4. The molecule has 5 heteroatoms. The van der Waals surface area contributed by atoms with E-state index in [0.29, 0.717) is 19.6 Å². The molecule has 1 aliphatic heterocycles. The van der Waals surface area contributed by atoms with Crippen LogP contribution in [0.3, 0.4) is 0 Å². The summed E-state index contributed by atoms with van der Waals surface area (Å²) < 4.78 is 5.53. The smallest absolute Gasteiger partial charge is 0.245 e. The maximum absolute atomic E-state index is 12.5. The number of rotatable bonds is 7. The first kappa shape index (κ1) is 17.0. The molecule has 20 heavy (non-hydrogen) atoms. The van der Waals surface area contributed by atoms with Gasteiger partial charge in [-0.05, 0) is 26.2 Å². The third-order valence-corrected chi connectivity index (χ3v) is 3.49. The second-order valence-corrected chi connectivity index (χ2v) is 5.99. The molecule has 0 aliphatic carbocycles. The molecule has 1 N–H and O–H groups in total. The molecule has 0 aromatic rings. The third kappa shape index (κ3) is 4.20. The lowest BCUT2D eigenvalue weighted by Crippen LogP contribution is -2.65. The topological polar surface area (TPSA) is 58.6 Å². The van der Waals surface area contributed by atoms with Gasteiger partial charge in [0.25, 0.3) is 0 Å². The summed E-state index contributed by atoms with van der Waals surface area (Å²) in [6.45, 7) is 10.8. The van der Waals surface area contributed by atoms with Gasteiger partial charge in [-0.2, -0.15) is 0 Å². The molecule has 1 heterocycles. The average molecular weight is 284 g/mol. The van der Waals surface area contributed by atoms with Crippen molar-refractivity contribution in [2.45, 2.75) is 65.6 Å². The maximum atomic E-state index is 12.5. The van der Waals surface area contributed by atoms with Gasteiger partial charge in [-0.15, -0.1) is 0 Å². The Hall–Kier alpha value is -1.10. The van der Waals surface area contributed by atoms with Crippen molar-refractivity contribution in [2.24, 2.45) is 5.92 Å². The van der Waals surface area contributed by atoms with Crippen LogP contribution in [0.25, 0.3) is 0 Å². The highest BCUT2D eigenvalue weighted by Gasteiger charge is 2.41. The van der Waals surface area contributed by atoms with Gasteiger partial charge in [0, 0.05) is 6.54 Å². The predicted molar refractivity (Wildman–Crippen MR) is 78.3 cm³/mol. The molecule has 0 aromatic heterocycles. The molecule has 2 unspecified atom stereocenters. The van der Waals surface area contributed by atoms with Gasteiger partial charge in [0.05, 0.1) is 12.7 Å². The van der Waals surface area contributed by atoms with Crippen LogP contribution in [-0.2, 0) is 14.3 Å². The monoisotopic (exact) mass is 284 g/mol. The third-order valence-electron chi connectivity index (χ3n) is 3.49. The molecule has 2 atom stereocenters. The van der Waals surface area contributed by atoms with Crippen molar-refractivity contribution < 1.29 is 14.3 Å². The summed E-state index contributed by atoms with van der Waals surface area (Å²) in [5.41, 5.74) is 0. The van der Waals surface area contributed by atoms with E-state index in [1.807, 2.05) is 34.6 Å². The van der Waals surface area contributed by atoms with Gasteiger partial charge in [-0.25, -0.2) is 0 Å². The van der Waals surface area contributed by atoms with Crippen molar-refractivity contribution in [3.8, 4) is 0 Å². The SMILES string of the molecule is CCCC1NC(=O)C(C(C)C)N(CCOC(C)C)C1=O. The summed E-state index contributed by atoms with van der Waals surface area (Å²) in [7, 11) is 0. The van der Waals surface area contributed by atoms with E-state index in [1.54, 1.807) is 4.90 Å². The summed E-state index contributed by atoms with van der Waals surface area (Å²) in [5.74, 6) is 0.0840. The van der Waals surface area contributed by atoms with Crippen LogP contribution in [0.5, 0.6) is 0 Å². The fourth-order valence-corrected chi connectivity index (χ4v) is 2.58. The summed E-state index contributed by atoms with van der Waals surface area (Å²) in [6, 6.07) is -0.757. The first-order valence-corrected chi connectivity index (χ1v) is 7.60. The lowest BCUT2D eigenvalue weighted by atomic mass is 9.95. The highest BCUT2D eigenvalue weighted by atomic mass is 16.5. The Bertz CT molecular complexity index is 342. The number of hydrogen-bond donors (Lipinski definition) is 1. The molecule has 5 nitrogen and oxygen atoms in total. The van der Waals surface area contributed by atoms with E-state index in [9.17, 15) is 9.59 Å². The number of hydrogen-bond acceptors (Lipinski definition) is 3. The number of ether oxygens (including phenoxy) is 1. The summed E-state index contributed by atoms with van der Waals surface area (Å²) >= 11 is 0. The normalized spacial score (nSPS) is 23.6. The van der Waals surface area contributed by atoms with Gasteiger partial charge in [0.15, 0.2) is 0 Å². The van der Waals surface area contributed by atoms with E-state index in [1.165, 1.54) is 0 Å². The number of nitrogens with zero attached hydrogens (tertiary/aromatic N) is 1. The number of carbonyl (C=O) groups excluding carboxylic acids is 2. The fourth-order valence-electron chi connectivity index (χ4n) is 2.58. The van der Waals surface area contributed by atoms with Crippen LogP contribution >= 0.6 is 0 Å². The van der Waals surface area contributed by atoms with Crippen LogP contribution in [0.15, 0.2) is 0 Å². The van der Waals surface area contributed by atoms with E-state index in [4.69, 9.17) is 4.74 Å². The Kier molecular flexibility index (Phi) is 6.46. The Morgan fingerprint density at radius 3 is 2.40 bits per heavy atom. The fraction of sp³-hybridized carbons (Fsp3) is 0.867. The zero-order valence-corrected chi connectivity index (χ0v) is 13.3. The van der Waals surface area contributed by atoms with Crippen molar-refractivity contribution in [2.75, 3.05) is 13.2 Å². The Labute approximate surface area is 122 Å². The van der Waals surface area contributed by atoms with Gasteiger partial charge < -0.3 is 15.0 Å². The average Bonchev–Trinajstić information content (AvgIpc) is 2.34. The second kappa shape index (κ2) is 7.62. The van der Waals surface area contributed by atoms with E-state index >= 15 is 0 Å². The quantitative estimate of drug-likeness (QED) is 0.772. The minimum absolute atomic E-state index is 0.0255. The molecular weight excluding hydrogens is 256 g/mol. The van der Waals surface area contributed by atoms with Gasteiger partial charge >= 0.3 is 0 Å². The Morgan fingerprint density at radius 2 is 1.90 bits per heavy atom. The Balaban J connectivity index is 2.79. The van der Waals surface area contributed by atoms with Crippen molar-refractivity contribution in [1.82, 2.24) is 10.2 Å². The molecular formula is C15H28N2O3. The van der Waals surface area contributed by atoms with Crippen LogP contribution in [0.2, 0.25) is 0 Å². The van der Waals surface area contributed by atoms with Crippen molar-refractivity contribution in [3.05, 3.63) is 0 Å². The van der Waals surface area contributed by atoms with Crippen LogP contribution in [0.1, 0.15) is 47.5 Å². The van der Waals surface area contributed by atoms with Gasteiger partial charge in [0.1, 0.15) is 12.1 Å². The maximum Gasteiger partial charge on any atom is 0.245 e. The molecule has 1 fully saturated rings. The molecule has 1 aliphatic rings. The molecule has 0 saturated carbocycles. The predicted octanol–water partition coefficient (Wildman–Crippen LogP) is 1.56. The zero-order valence-electron chi connectivity index (χ0n) is 13.3. The van der Waals surface area contributed by atoms with E-state index < -0.39 is 0 Å². The van der Waals surface area contributed by atoms with Crippen LogP contribution in [-0.4, -0.2) is 48.1 Å². The second-order valence-electron chi connectivity index (χ2n) is 5.99.